The van der Waals surface area contributed by atoms with E-state index in [9.17, 15) is 0 Å². The summed E-state index contributed by atoms with van der Waals surface area (Å²) in [6.45, 7) is 0. The normalized spacial score (nSPS) is 12.6. The Morgan fingerprint density at radius 2 is 2.00 bits per heavy atom. The van der Waals surface area contributed by atoms with Crippen molar-refractivity contribution in [2.24, 2.45) is 5.73 Å². The molecule has 1 aromatic heterocycles. The summed E-state index contributed by atoms with van der Waals surface area (Å²) in [6.07, 6.45) is 2.14. The van der Waals surface area contributed by atoms with Gasteiger partial charge in [-0.25, -0.2) is 0 Å². The van der Waals surface area contributed by atoms with Crippen LogP contribution in [0.4, 0.5) is 0 Å². The highest BCUT2D eigenvalue weighted by Crippen LogP contribution is 2.21. The molecule has 0 fully saturated rings. The van der Waals surface area contributed by atoms with Crippen LogP contribution in [0, 0.1) is 0 Å². The van der Waals surface area contributed by atoms with Crippen LogP contribution in [0.5, 0.6) is 0 Å². The molecule has 1 aromatic carbocycles. The number of thioether (sulfide) groups is 1. The van der Waals surface area contributed by atoms with Gasteiger partial charge < -0.3 is 5.73 Å². The zero-order chi connectivity index (χ0) is 12.8. The van der Waals surface area contributed by atoms with Crippen molar-refractivity contribution in [3.63, 3.8) is 0 Å². The Morgan fingerprint density at radius 3 is 2.67 bits per heavy atom. The van der Waals surface area contributed by atoms with E-state index in [2.05, 4.69) is 57.0 Å². The summed E-state index contributed by atoms with van der Waals surface area (Å²) in [6, 6.07) is 10.8. The second-order valence-electron chi connectivity index (χ2n) is 4.20. The van der Waals surface area contributed by atoms with Crippen molar-refractivity contribution >= 4 is 39.0 Å². The van der Waals surface area contributed by atoms with Gasteiger partial charge in [0.25, 0.3) is 0 Å². The number of aryl methyl sites for hydroxylation is 1. The van der Waals surface area contributed by atoms with Gasteiger partial charge in [-0.1, -0.05) is 15.9 Å². The molecule has 0 saturated carbocycles. The molecule has 0 aliphatic carbocycles. The van der Waals surface area contributed by atoms with E-state index in [0.29, 0.717) is 0 Å². The Balaban J connectivity index is 1.71. The first-order valence-corrected chi connectivity index (χ1v) is 8.61. The molecule has 0 amide bonds. The van der Waals surface area contributed by atoms with Crippen LogP contribution in [0.1, 0.15) is 12.0 Å². The van der Waals surface area contributed by atoms with Crippen LogP contribution in [0.2, 0.25) is 0 Å². The van der Waals surface area contributed by atoms with Crippen molar-refractivity contribution in [3.05, 3.63) is 51.1 Å². The Labute approximate surface area is 125 Å². The number of thiophene rings is 1. The quantitative estimate of drug-likeness (QED) is 0.779. The van der Waals surface area contributed by atoms with Gasteiger partial charge in [-0.15, -0.1) is 11.8 Å². The van der Waals surface area contributed by atoms with Crippen LogP contribution >= 0.6 is 39.0 Å². The number of nitrogens with two attached hydrogens (primary N) is 1. The number of hydrogen-bond donors (Lipinski definition) is 1. The molecule has 2 N–H and O–H groups in total. The standard InChI is InChI=1S/C14H16BrNS2/c15-12-2-5-14(6-3-12)18-10-13(16)4-1-11-7-8-17-9-11/h2-3,5-9,13H,1,4,10,16H2. The van der Waals surface area contributed by atoms with Gasteiger partial charge in [0.2, 0.25) is 0 Å². The minimum absolute atomic E-state index is 0.263. The van der Waals surface area contributed by atoms with E-state index in [1.54, 1.807) is 11.3 Å². The molecule has 18 heavy (non-hydrogen) atoms. The molecule has 96 valence electrons. The van der Waals surface area contributed by atoms with Crippen molar-refractivity contribution in [1.82, 2.24) is 0 Å². The van der Waals surface area contributed by atoms with E-state index >= 15 is 0 Å². The molecule has 0 saturated heterocycles. The maximum absolute atomic E-state index is 6.14. The van der Waals surface area contributed by atoms with Crippen LogP contribution in [0.3, 0.4) is 0 Å². The summed E-state index contributed by atoms with van der Waals surface area (Å²) < 4.78 is 1.12. The lowest BCUT2D eigenvalue weighted by Crippen LogP contribution is -2.23. The minimum atomic E-state index is 0.263. The van der Waals surface area contributed by atoms with Crippen molar-refractivity contribution in [2.45, 2.75) is 23.8 Å². The predicted molar refractivity (Wildman–Crippen MR) is 85.5 cm³/mol. The molecular weight excluding hydrogens is 326 g/mol. The molecule has 1 unspecified atom stereocenters. The van der Waals surface area contributed by atoms with Crippen molar-refractivity contribution in [3.8, 4) is 0 Å². The predicted octanol–water partition coefficient (Wildman–Crippen LogP) is 4.56. The van der Waals surface area contributed by atoms with E-state index in [4.69, 9.17) is 5.73 Å². The van der Waals surface area contributed by atoms with Gasteiger partial charge in [0.1, 0.15) is 0 Å². The average Bonchev–Trinajstić information content (AvgIpc) is 2.89. The highest BCUT2D eigenvalue weighted by atomic mass is 79.9. The Morgan fingerprint density at radius 1 is 1.22 bits per heavy atom. The van der Waals surface area contributed by atoms with Gasteiger partial charge in [0.15, 0.2) is 0 Å². The van der Waals surface area contributed by atoms with Gasteiger partial charge in [-0.3, -0.25) is 0 Å². The summed E-state index contributed by atoms with van der Waals surface area (Å²) in [5.74, 6) is 0.978. The SMILES string of the molecule is NC(CCc1ccsc1)CSc1ccc(Br)cc1. The lowest BCUT2D eigenvalue weighted by atomic mass is 10.1. The summed E-state index contributed by atoms with van der Waals surface area (Å²) in [4.78, 5) is 1.28. The highest BCUT2D eigenvalue weighted by Gasteiger charge is 2.04. The molecule has 0 aliphatic heterocycles. The maximum Gasteiger partial charge on any atom is 0.0176 e. The van der Waals surface area contributed by atoms with Gasteiger partial charge in [0, 0.05) is 21.2 Å². The molecule has 1 heterocycles. The molecule has 1 atom stereocenters. The molecule has 1 nitrogen and oxygen atoms in total. The van der Waals surface area contributed by atoms with Crippen LogP contribution in [0.25, 0.3) is 0 Å². The molecule has 0 radical (unpaired) electrons. The second kappa shape index (κ2) is 7.34. The summed E-state index contributed by atoms with van der Waals surface area (Å²) in [5, 5.41) is 4.33. The fourth-order valence-corrected chi connectivity index (χ4v) is 3.47. The zero-order valence-electron chi connectivity index (χ0n) is 10.0. The summed E-state index contributed by atoms with van der Waals surface area (Å²) in [5.41, 5.74) is 7.55. The number of rotatable bonds is 6. The lowest BCUT2D eigenvalue weighted by molar-refractivity contribution is 0.675. The molecule has 0 bridgehead atoms. The molecule has 0 aliphatic rings. The monoisotopic (exact) mass is 341 g/mol. The van der Waals surface area contributed by atoms with Crippen molar-refractivity contribution in [1.29, 1.82) is 0 Å². The fourth-order valence-electron chi connectivity index (χ4n) is 1.60. The first-order valence-electron chi connectivity index (χ1n) is 5.89. The summed E-state index contributed by atoms with van der Waals surface area (Å²) in [7, 11) is 0. The lowest BCUT2D eigenvalue weighted by Gasteiger charge is -2.10. The second-order valence-corrected chi connectivity index (χ2v) is 6.98. The smallest absolute Gasteiger partial charge is 0.0176 e. The maximum atomic E-state index is 6.14. The largest absolute Gasteiger partial charge is 0.327 e. The van der Waals surface area contributed by atoms with Crippen LogP contribution in [0.15, 0.2) is 50.5 Å². The van der Waals surface area contributed by atoms with E-state index in [-0.39, 0.29) is 6.04 Å². The van der Waals surface area contributed by atoms with Crippen LogP contribution in [-0.2, 0) is 6.42 Å². The van der Waals surface area contributed by atoms with E-state index < -0.39 is 0 Å². The van der Waals surface area contributed by atoms with Gasteiger partial charge in [0.05, 0.1) is 0 Å². The zero-order valence-corrected chi connectivity index (χ0v) is 13.2. The highest BCUT2D eigenvalue weighted by molar-refractivity contribution is 9.10. The summed E-state index contributed by atoms with van der Waals surface area (Å²) >= 11 is 7.02. The Bertz CT molecular complexity index is 453. The molecule has 2 aromatic rings. The fraction of sp³-hybridized carbons (Fsp3) is 0.286. The number of halogens is 1. The number of hydrogen-bond acceptors (Lipinski definition) is 3. The minimum Gasteiger partial charge on any atom is -0.327 e. The van der Waals surface area contributed by atoms with Crippen LogP contribution < -0.4 is 5.73 Å². The van der Waals surface area contributed by atoms with Gasteiger partial charge in [-0.05, 0) is 59.5 Å². The third-order valence-corrected chi connectivity index (χ3v) is 5.12. The van der Waals surface area contributed by atoms with Crippen molar-refractivity contribution in [2.75, 3.05) is 5.75 Å². The van der Waals surface area contributed by atoms with Gasteiger partial charge in [-0.2, -0.15) is 11.3 Å². The van der Waals surface area contributed by atoms with Crippen molar-refractivity contribution < 1.29 is 0 Å². The number of benzene rings is 1. The Hall–Kier alpha value is -0.290. The van der Waals surface area contributed by atoms with E-state index in [1.807, 2.05) is 11.8 Å². The van der Waals surface area contributed by atoms with Gasteiger partial charge >= 0.3 is 0 Å². The first-order chi connectivity index (χ1) is 8.74. The average molecular weight is 342 g/mol. The van der Waals surface area contributed by atoms with E-state index in [1.165, 1.54) is 10.5 Å². The topological polar surface area (TPSA) is 26.0 Å². The Kier molecular flexibility index (Phi) is 5.76. The molecule has 2 rings (SSSR count). The first kappa shape index (κ1) is 14.1. The molecule has 4 heteroatoms. The molecule has 0 spiro atoms. The van der Waals surface area contributed by atoms with E-state index in [0.717, 1.165) is 23.1 Å². The molecular formula is C14H16BrNS2. The third kappa shape index (κ3) is 4.76. The third-order valence-electron chi connectivity index (χ3n) is 2.66. The van der Waals surface area contributed by atoms with Crippen LogP contribution in [-0.4, -0.2) is 11.8 Å².